The Balaban J connectivity index is 2.26. The zero-order valence-electron chi connectivity index (χ0n) is 10.6. The summed E-state index contributed by atoms with van der Waals surface area (Å²) >= 11 is 0. The Hall–Kier alpha value is -1.51. The van der Waals surface area contributed by atoms with Gasteiger partial charge in [-0.05, 0) is 43.9 Å². The third-order valence-corrected chi connectivity index (χ3v) is 3.44. The second-order valence-corrected chi connectivity index (χ2v) is 5.02. The molecule has 92 valence electrons. The van der Waals surface area contributed by atoms with Crippen molar-refractivity contribution in [3.63, 3.8) is 0 Å². The number of nitrogen functional groups attached to an aromatic ring is 1. The predicted octanol–water partition coefficient (Wildman–Crippen LogP) is 2.71. The molecule has 2 N–H and O–H groups in total. The van der Waals surface area contributed by atoms with Gasteiger partial charge in [0.25, 0.3) is 0 Å². The highest BCUT2D eigenvalue weighted by Crippen LogP contribution is 2.26. The molecular formula is C14H20N2O. The SMILES string of the molecule is CC(=O)c1cc(N2CCCC(C)C2)ccc1N. The molecule has 0 bridgehead atoms. The lowest BCUT2D eigenvalue weighted by Crippen LogP contribution is -2.34. The molecule has 0 amide bonds. The summed E-state index contributed by atoms with van der Waals surface area (Å²) in [6.07, 6.45) is 2.52. The van der Waals surface area contributed by atoms with Gasteiger partial charge in [0.15, 0.2) is 5.78 Å². The first-order valence-electron chi connectivity index (χ1n) is 6.23. The summed E-state index contributed by atoms with van der Waals surface area (Å²) in [5.41, 5.74) is 8.14. The average molecular weight is 232 g/mol. The number of nitrogens with two attached hydrogens (primary N) is 1. The maximum Gasteiger partial charge on any atom is 0.161 e. The molecule has 0 saturated carbocycles. The van der Waals surface area contributed by atoms with Crippen molar-refractivity contribution in [1.82, 2.24) is 0 Å². The van der Waals surface area contributed by atoms with Crippen LogP contribution in [0.2, 0.25) is 0 Å². The van der Waals surface area contributed by atoms with Crippen molar-refractivity contribution >= 4 is 17.2 Å². The van der Waals surface area contributed by atoms with Crippen molar-refractivity contribution < 1.29 is 4.79 Å². The van der Waals surface area contributed by atoms with E-state index in [2.05, 4.69) is 11.8 Å². The summed E-state index contributed by atoms with van der Waals surface area (Å²) in [6, 6.07) is 5.78. The molecule has 0 aliphatic carbocycles. The van der Waals surface area contributed by atoms with Crippen LogP contribution in [0.4, 0.5) is 11.4 Å². The van der Waals surface area contributed by atoms with Gasteiger partial charge in [0.05, 0.1) is 0 Å². The van der Waals surface area contributed by atoms with Crippen LogP contribution in [0.25, 0.3) is 0 Å². The van der Waals surface area contributed by atoms with Gasteiger partial charge >= 0.3 is 0 Å². The minimum atomic E-state index is 0.0365. The first-order chi connectivity index (χ1) is 8.08. The maximum atomic E-state index is 11.5. The number of rotatable bonds is 2. The highest BCUT2D eigenvalue weighted by atomic mass is 16.1. The Morgan fingerprint density at radius 2 is 2.24 bits per heavy atom. The number of Topliss-reactive ketones (excluding diaryl/α,β-unsaturated/α-hetero) is 1. The number of carbonyl (C=O) groups excluding carboxylic acids is 1. The summed E-state index contributed by atoms with van der Waals surface area (Å²) in [7, 11) is 0. The Bertz CT molecular complexity index is 428. The summed E-state index contributed by atoms with van der Waals surface area (Å²) in [4.78, 5) is 13.8. The largest absolute Gasteiger partial charge is 0.398 e. The summed E-state index contributed by atoms with van der Waals surface area (Å²) < 4.78 is 0. The molecule has 17 heavy (non-hydrogen) atoms. The van der Waals surface area contributed by atoms with E-state index < -0.39 is 0 Å². The number of ketones is 1. The van der Waals surface area contributed by atoms with Gasteiger partial charge < -0.3 is 10.6 Å². The Labute approximate surface area is 103 Å². The molecule has 1 heterocycles. The van der Waals surface area contributed by atoms with Gasteiger partial charge in [0.1, 0.15) is 0 Å². The van der Waals surface area contributed by atoms with Crippen LogP contribution in [0.3, 0.4) is 0 Å². The quantitative estimate of drug-likeness (QED) is 0.630. The van der Waals surface area contributed by atoms with Gasteiger partial charge in [-0.2, -0.15) is 0 Å². The summed E-state index contributed by atoms with van der Waals surface area (Å²) in [6.45, 7) is 5.98. The van der Waals surface area contributed by atoms with Crippen molar-refractivity contribution in [1.29, 1.82) is 0 Å². The zero-order chi connectivity index (χ0) is 12.4. The molecule has 0 aromatic heterocycles. The van der Waals surface area contributed by atoms with Crippen LogP contribution in [0, 0.1) is 5.92 Å². The Kier molecular flexibility index (Phi) is 3.36. The average Bonchev–Trinajstić information content (AvgIpc) is 2.29. The lowest BCUT2D eigenvalue weighted by molar-refractivity contribution is 0.101. The van der Waals surface area contributed by atoms with E-state index in [1.807, 2.05) is 18.2 Å². The lowest BCUT2D eigenvalue weighted by Gasteiger charge is -2.33. The molecule has 1 aromatic rings. The van der Waals surface area contributed by atoms with Crippen molar-refractivity contribution in [3.05, 3.63) is 23.8 Å². The molecule has 3 heteroatoms. The molecule has 1 aliphatic rings. The van der Waals surface area contributed by atoms with Gasteiger partial charge in [-0.3, -0.25) is 4.79 Å². The van der Waals surface area contributed by atoms with E-state index in [4.69, 9.17) is 5.73 Å². The van der Waals surface area contributed by atoms with Crippen molar-refractivity contribution in [2.75, 3.05) is 23.7 Å². The van der Waals surface area contributed by atoms with Crippen LogP contribution in [-0.4, -0.2) is 18.9 Å². The monoisotopic (exact) mass is 232 g/mol. The van der Waals surface area contributed by atoms with Gasteiger partial charge in [-0.25, -0.2) is 0 Å². The maximum absolute atomic E-state index is 11.5. The Morgan fingerprint density at radius 3 is 2.88 bits per heavy atom. The van der Waals surface area contributed by atoms with Crippen LogP contribution < -0.4 is 10.6 Å². The molecule has 1 atom stereocenters. The molecule has 1 saturated heterocycles. The second kappa shape index (κ2) is 4.78. The summed E-state index contributed by atoms with van der Waals surface area (Å²) in [5, 5.41) is 0. The van der Waals surface area contributed by atoms with Crippen molar-refractivity contribution in [2.45, 2.75) is 26.7 Å². The standard InChI is InChI=1S/C14H20N2O/c1-10-4-3-7-16(9-10)12-5-6-14(15)13(8-12)11(2)17/h5-6,8,10H,3-4,7,9,15H2,1-2H3. The molecule has 1 unspecified atom stereocenters. The molecule has 1 fully saturated rings. The highest BCUT2D eigenvalue weighted by Gasteiger charge is 2.17. The fraction of sp³-hybridized carbons (Fsp3) is 0.500. The van der Waals surface area contributed by atoms with Gasteiger partial charge in [0.2, 0.25) is 0 Å². The van der Waals surface area contributed by atoms with E-state index in [1.165, 1.54) is 12.8 Å². The normalized spacial score (nSPS) is 20.4. The van der Waals surface area contributed by atoms with Gasteiger partial charge in [-0.1, -0.05) is 6.92 Å². The fourth-order valence-electron chi connectivity index (χ4n) is 2.47. The predicted molar refractivity (Wildman–Crippen MR) is 71.5 cm³/mol. The molecule has 2 rings (SSSR count). The second-order valence-electron chi connectivity index (χ2n) is 5.02. The molecule has 1 aliphatic heterocycles. The first kappa shape index (κ1) is 12.0. The van der Waals surface area contributed by atoms with Crippen molar-refractivity contribution in [3.8, 4) is 0 Å². The molecule has 0 spiro atoms. The van der Waals surface area contributed by atoms with Crippen LogP contribution in [0.5, 0.6) is 0 Å². The van der Waals surface area contributed by atoms with Gasteiger partial charge in [-0.15, -0.1) is 0 Å². The van der Waals surface area contributed by atoms with Crippen LogP contribution in [-0.2, 0) is 0 Å². The minimum absolute atomic E-state index is 0.0365. The minimum Gasteiger partial charge on any atom is -0.398 e. The van der Waals surface area contributed by atoms with Crippen LogP contribution in [0.1, 0.15) is 37.0 Å². The first-order valence-corrected chi connectivity index (χ1v) is 6.23. The number of hydrogen-bond donors (Lipinski definition) is 1. The number of carbonyl (C=O) groups is 1. The van der Waals surface area contributed by atoms with Crippen LogP contribution in [0.15, 0.2) is 18.2 Å². The number of hydrogen-bond acceptors (Lipinski definition) is 3. The third-order valence-electron chi connectivity index (χ3n) is 3.44. The fourth-order valence-corrected chi connectivity index (χ4v) is 2.47. The summed E-state index contributed by atoms with van der Waals surface area (Å²) in [5.74, 6) is 0.761. The van der Waals surface area contributed by atoms with Crippen molar-refractivity contribution in [2.24, 2.45) is 5.92 Å². The van der Waals surface area contributed by atoms with E-state index in [0.717, 1.165) is 24.7 Å². The zero-order valence-corrected chi connectivity index (χ0v) is 10.6. The van der Waals surface area contributed by atoms with E-state index in [0.29, 0.717) is 11.3 Å². The van der Waals surface area contributed by atoms with E-state index in [9.17, 15) is 4.79 Å². The smallest absolute Gasteiger partial charge is 0.161 e. The Morgan fingerprint density at radius 1 is 1.47 bits per heavy atom. The number of piperidine rings is 1. The molecular weight excluding hydrogens is 212 g/mol. The van der Waals surface area contributed by atoms with Crippen LogP contribution >= 0.6 is 0 Å². The highest BCUT2D eigenvalue weighted by molar-refractivity contribution is 6.00. The number of nitrogens with zero attached hydrogens (tertiary/aromatic N) is 1. The third kappa shape index (κ3) is 2.60. The van der Waals surface area contributed by atoms with E-state index in [-0.39, 0.29) is 5.78 Å². The molecule has 0 radical (unpaired) electrons. The molecule has 3 nitrogen and oxygen atoms in total. The number of benzene rings is 1. The topological polar surface area (TPSA) is 46.3 Å². The van der Waals surface area contributed by atoms with E-state index in [1.54, 1.807) is 6.92 Å². The lowest BCUT2D eigenvalue weighted by atomic mass is 9.99. The molecule has 1 aromatic carbocycles. The van der Waals surface area contributed by atoms with E-state index >= 15 is 0 Å². The number of anilines is 2. The van der Waals surface area contributed by atoms with Gasteiger partial charge in [0, 0.05) is 30.0 Å².